The number of nitrogens with one attached hydrogen (secondary N) is 1. The summed E-state index contributed by atoms with van der Waals surface area (Å²) in [4.78, 5) is 25.7. The Morgan fingerprint density at radius 3 is 2.91 bits per heavy atom. The number of amides is 2. The van der Waals surface area contributed by atoms with Crippen molar-refractivity contribution in [1.82, 2.24) is 10.2 Å². The number of hydrogen-bond acceptors (Lipinski definition) is 2. The minimum atomic E-state index is -0.483. The second kappa shape index (κ2) is 6.92. The molecule has 1 atom stereocenters. The van der Waals surface area contributed by atoms with Crippen LogP contribution in [-0.2, 0) is 16.1 Å². The fourth-order valence-electron chi connectivity index (χ4n) is 2.46. The number of carbonyl (C=O) groups is 2. The SMILES string of the molecule is C=C(C)CN1C(=O)CC[C@H]1C(=O)NCc1ccc(F)cc1Cl. The van der Waals surface area contributed by atoms with Crippen LogP contribution in [0, 0.1) is 5.82 Å². The van der Waals surface area contributed by atoms with Crippen molar-refractivity contribution >= 4 is 23.4 Å². The van der Waals surface area contributed by atoms with E-state index in [-0.39, 0.29) is 23.4 Å². The van der Waals surface area contributed by atoms with Crippen LogP contribution in [-0.4, -0.2) is 29.3 Å². The minimum absolute atomic E-state index is 0.0389. The predicted molar refractivity (Wildman–Crippen MR) is 82.8 cm³/mol. The van der Waals surface area contributed by atoms with Crippen LogP contribution >= 0.6 is 11.6 Å². The van der Waals surface area contributed by atoms with E-state index in [0.29, 0.717) is 24.9 Å². The molecule has 4 nitrogen and oxygen atoms in total. The van der Waals surface area contributed by atoms with E-state index in [1.165, 1.54) is 18.2 Å². The van der Waals surface area contributed by atoms with E-state index < -0.39 is 11.9 Å². The van der Waals surface area contributed by atoms with Gasteiger partial charge in [0.25, 0.3) is 0 Å². The molecule has 1 fully saturated rings. The topological polar surface area (TPSA) is 49.4 Å². The van der Waals surface area contributed by atoms with Gasteiger partial charge in [-0.1, -0.05) is 29.8 Å². The van der Waals surface area contributed by atoms with Gasteiger partial charge in [-0.25, -0.2) is 4.39 Å². The van der Waals surface area contributed by atoms with E-state index in [4.69, 9.17) is 11.6 Å². The lowest BCUT2D eigenvalue weighted by Gasteiger charge is -2.24. The molecular formula is C16H18ClFN2O2. The van der Waals surface area contributed by atoms with Gasteiger partial charge in [-0.3, -0.25) is 9.59 Å². The van der Waals surface area contributed by atoms with Crippen LogP contribution in [0.15, 0.2) is 30.4 Å². The number of rotatable bonds is 5. The van der Waals surface area contributed by atoms with E-state index in [1.54, 1.807) is 4.90 Å². The second-order valence-corrected chi connectivity index (χ2v) is 5.89. The summed E-state index contributed by atoms with van der Waals surface area (Å²) in [5.74, 6) is -0.690. The summed E-state index contributed by atoms with van der Waals surface area (Å²) in [6, 6.07) is 3.54. The van der Waals surface area contributed by atoms with Gasteiger partial charge >= 0.3 is 0 Å². The third-order valence-corrected chi connectivity index (χ3v) is 3.89. The standard InChI is InChI=1S/C16H18ClFN2O2/c1-10(2)9-20-14(5-6-15(20)21)16(22)19-8-11-3-4-12(18)7-13(11)17/h3-4,7,14H,1,5-6,8-9H2,2H3,(H,19,22)/t14-/m0/s1. The molecule has 118 valence electrons. The quantitative estimate of drug-likeness (QED) is 0.847. The van der Waals surface area contributed by atoms with Crippen molar-refractivity contribution in [3.05, 3.63) is 46.8 Å². The summed E-state index contributed by atoms with van der Waals surface area (Å²) in [6.07, 6.45) is 0.859. The number of likely N-dealkylation sites (tertiary alicyclic amines) is 1. The Labute approximate surface area is 133 Å². The third-order valence-electron chi connectivity index (χ3n) is 3.54. The molecule has 2 amide bonds. The molecule has 1 N–H and O–H groups in total. The van der Waals surface area contributed by atoms with Crippen molar-refractivity contribution < 1.29 is 14.0 Å². The molecule has 0 aliphatic carbocycles. The minimum Gasteiger partial charge on any atom is -0.350 e. The van der Waals surface area contributed by atoms with Crippen LogP contribution in [0.3, 0.4) is 0 Å². The maximum atomic E-state index is 13.0. The lowest BCUT2D eigenvalue weighted by Crippen LogP contribution is -2.45. The first-order chi connectivity index (χ1) is 10.4. The van der Waals surface area contributed by atoms with E-state index in [1.807, 2.05) is 6.92 Å². The molecular weight excluding hydrogens is 307 g/mol. The van der Waals surface area contributed by atoms with Gasteiger partial charge in [0.15, 0.2) is 0 Å². The lowest BCUT2D eigenvalue weighted by atomic mass is 10.1. The summed E-state index contributed by atoms with van der Waals surface area (Å²) in [6.45, 7) is 6.18. The van der Waals surface area contributed by atoms with Gasteiger partial charge in [0, 0.05) is 24.5 Å². The summed E-state index contributed by atoms with van der Waals surface area (Å²) in [5, 5.41) is 3.02. The second-order valence-electron chi connectivity index (χ2n) is 5.49. The Hall–Kier alpha value is -1.88. The fraction of sp³-hybridized carbons (Fsp3) is 0.375. The summed E-state index contributed by atoms with van der Waals surface area (Å²) in [5.41, 5.74) is 1.46. The van der Waals surface area contributed by atoms with E-state index in [9.17, 15) is 14.0 Å². The first kappa shape index (κ1) is 16.5. The first-order valence-electron chi connectivity index (χ1n) is 7.04. The molecule has 0 radical (unpaired) electrons. The molecule has 0 spiro atoms. The van der Waals surface area contributed by atoms with Crippen LogP contribution in [0.4, 0.5) is 4.39 Å². The normalized spacial score (nSPS) is 17.7. The molecule has 0 saturated carbocycles. The van der Waals surface area contributed by atoms with Gasteiger partial charge < -0.3 is 10.2 Å². The number of nitrogens with zero attached hydrogens (tertiary/aromatic N) is 1. The van der Waals surface area contributed by atoms with Gasteiger partial charge in [0.05, 0.1) is 0 Å². The van der Waals surface area contributed by atoms with Crippen LogP contribution in [0.5, 0.6) is 0 Å². The maximum Gasteiger partial charge on any atom is 0.243 e. The van der Waals surface area contributed by atoms with Crippen LogP contribution in [0.2, 0.25) is 5.02 Å². The maximum absolute atomic E-state index is 13.0. The highest BCUT2D eigenvalue weighted by molar-refractivity contribution is 6.31. The molecule has 2 rings (SSSR count). The molecule has 1 aliphatic heterocycles. The summed E-state index contributed by atoms with van der Waals surface area (Å²) < 4.78 is 13.0. The Kier molecular flexibility index (Phi) is 5.19. The largest absolute Gasteiger partial charge is 0.350 e. The zero-order valence-electron chi connectivity index (χ0n) is 12.4. The van der Waals surface area contributed by atoms with Gasteiger partial charge in [-0.15, -0.1) is 0 Å². The molecule has 1 saturated heterocycles. The van der Waals surface area contributed by atoms with E-state index >= 15 is 0 Å². The molecule has 1 aromatic rings. The predicted octanol–water partition coefficient (Wildman–Crippen LogP) is 2.66. The highest BCUT2D eigenvalue weighted by atomic mass is 35.5. The van der Waals surface area contributed by atoms with Crippen molar-refractivity contribution in [3.8, 4) is 0 Å². The number of halogens is 2. The molecule has 6 heteroatoms. The summed E-state index contributed by atoms with van der Waals surface area (Å²) >= 11 is 5.93. The Bertz CT molecular complexity index is 618. The molecule has 0 aromatic heterocycles. The first-order valence-corrected chi connectivity index (χ1v) is 7.41. The number of benzene rings is 1. The van der Waals surface area contributed by atoms with Crippen molar-refractivity contribution in [3.63, 3.8) is 0 Å². The van der Waals surface area contributed by atoms with Gasteiger partial charge in [-0.2, -0.15) is 0 Å². The van der Waals surface area contributed by atoms with Gasteiger partial charge in [0.2, 0.25) is 11.8 Å². The van der Waals surface area contributed by atoms with Crippen LogP contribution in [0.25, 0.3) is 0 Å². The number of carbonyl (C=O) groups excluding carboxylic acids is 2. The molecule has 22 heavy (non-hydrogen) atoms. The highest BCUT2D eigenvalue weighted by Gasteiger charge is 2.35. The van der Waals surface area contributed by atoms with Gasteiger partial charge in [0.1, 0.15) is 11.9 Å². The average Bonchev–Trinajstić information content (AvgIpc) is 2.78. The van der Waals surface area contributed by atoms with Crippen molar-refractivity contribution in [2.45, 2.75) is 32.4 Å². The highest BCUT2D eigenvalue weighted by Crippen LogP contribution is 2.21. The molecule has 0 unspecified atom stereocenters. The zero-order chi connectivity index (χ0) is 16.3. The zero-order valence-corrected chi connectivity index (χ0v) is 13.1. The smallest absolute Gasteiger partial charge is 0.243 e. The van der Waals surface area contributed by atoms with Crippen LogP contribution < -0.4 is 5.32 Å². The molecule has 1 heterocycles. The van der Waals surface area contributed by atoms with E-state index in [0.717, 1.165) is 5.57 Å². The summed E-state index contributed by atoms with van der Waals surface area (Å²) in [7, 11) is 0. The third kappa shape index (κ3) is 3.85. The molecule has 0 bridgehead atoms. The Morgan fingerprint density at radius 2 is 2.27 bits per heavy atom. The van der Waals surface area contributed by atoms with Crippen molar-refractivity contribution in [1.29, 1.82) is 0 Å². The fourth-order valence-corrected chi connectivity index (χ4v) is 2.69. The molecule has 1 aromatic carbocycles. The number of hydrogen-bond donors (Lipinski definition) is 1. The monoisotopic (exact) mass is 324 g/mol. The molecule has 1 aliphatic rings. The average molecular weight is 325 g/mol. The van der Waals surface area contributed by atoms with Crippen molar-refractivity contribution in [2.24, 2.45) is 0 Å². The lowest BCUT2D eigenvalue weighted by molar-refractivity contribution is -0.134. The van der Waals surface area contributed by atoms with Gasteiger partial charge in [-0.05, 0) is 31.0 Å². The Balaban J connectivity index is 1.99. The van der Waals surface area contributed by atoms with E-state index in [2.05, 4.69) is 11.9 Å². The van der Waals surface area contributed by atoms with Crippen molar-refractivity contribution in [2.75, 3.05) is 6.54 Å². The Morgan fingerprint density at radius 1 is 1.55 bits per heavy atom. The van der Waals surface area contributed by atoms with Crippen LogP contribution in [0.1, 0.15) is 25.3 Å².